The van der Waals surface area contributed by atoms with E-state index in [9.17, 15) is 9.18 Å². The first-order valence-corrected chi connectivity index (χ1v) is 7.18. The van der Waals surface area contributed by atoms with Crippen LogP contribution in [0.3, 0.4) is 0 Å². The maximum absolute atomic E-state index is 14.4. The Labute approximate surface area is 118 Å². The van der Waals surface area contributed by atoms with Gasteiger partial charge in [0, 0.05) is 12.0 Å². The topological polar surface area (TPSA) is 26.3 Å². The molecule has 0 aromatic heterocycles. The normalized spacial score (nSPS) is 27.9. The van der Waals surface area contributed by atoms with Crippen LogP contribution in [0.25, 0.3) is 0 Å². The van der Waals surface area contributed by atoms with Crippen LogP contribution in [0.1, 0.15) is 37.3 Å². The summed E-state index contributed by atoms with van der Waals surface area (Å²) in [6.07, 6.45) is 6.75. The van der Waals surface area contributed by atoms with Crippen LogP contribution < -0.4 is 4.74 Å². The molecule has 2 aliphatic rings. The fraction of sp³-hybridized carbons (Fsp3) is 0.471. The molecule has 20 heavy (non-hydrogen) atoms. The van der Waals surface area contributed by atoms with Gasteiger partial charge in [-0.1, -0.05) is 19.1 Å². The van der Waals surface area contributed by atoms with Gasteiger partial charge in [-0.3, -0.25) is 4.79 Å². The minimum atomic E-state index is -0.569. The molecule has 0 saturated heterocycles. The van der Waals surface area contributed by atoms with Crippen molar-refractivity contribution < 1.29 is 13.9 Å². The highest BCUT2D eigenvalue weighted by molar-refractivity contribution is 5.95. The van der Waals surface area contributed by atoms with E-state index in [4.69, 9.17) is 4.74 Å². The molecular weight excluding hydrogens is 255 g/mol. The highest BCUT2D eigenvalue weighted by atomic mass is 19.1. The van der Waals surface area contributed by atoms with Gasteiger partial charge in [0.1, 0.15) is 17.3 Å². The summed E-state index contributed by atoms with van der Waals surface area (Å²) in [6, 6.07) is 3.28. The van der Waals surface area contributed by atoms with Crippen molar-refractivity contribution in [2.24, 2.45) is 5.92 Å². The quantitative estimate of drug-likeness (QED) is 0.771. The van der Waals surface area contributed by atoms with Gasteiger partial charge in [0.2, 0.25) is 0 Å². The summed E-state index contributed by atoms with van der Waals surface area (Å²) >= 11 is 0. The zero-order valence-electron chi connectivity index (χ0n) is 11.9. The van der Waals surface area contributed by atoms with E-state index in [0.717, 1.165) is 12.0 Å². The molecule has 2 bridgehead atoms. The van der Waals surface area contributed by atoms with Crippen LogP contribution >= 0.6 is 0 Å². The van der Waals surface area contributed by atoms with Gasteiger partial charge in [-0.15, -0.1) is 0 Å². The summed E-state index contributed by atoms with van der Waals surface area (Å²) in [6.45, 7) is 2.01. The zero-order valence-corrected chi connectivity index (χ0v) is 11.9. The summed E-state index contributed by atoms with van der Waals surface area (Å²) < 4.78 is 19.6. The molecule has 3 rings (SSSR count). The first kappa shape index (κ1) is 13.3. The molecular formula is C17H19FO2. The second kappa shape index (κ2) is 4.72. The van der Waals surface area contributed by atoms with Crippen LogP contribution in [0.4, 0.5) is 4.39 Å². The number of hydrogen-bond donors (Lipinski definition) is 0. The average Bonchev–Trinajstić information content (AvgIpc) is 2.56. The Balaban J connectivity index is 2.27. The van der Waals surface area contributed by atoms with Gasteiger partial charge in [0.25, 0.3) is 0 Å². The minimum absolute atomic E-state index is 0.0795. The molecule has 2 nitrogen and oxygen atoms in total. The number of allylic oxidation sites excluding steroid dienone is 2. The first-order valence-electron chi connectivity index (χ1n) is 7.18. The maximum atomic E-state index is 14.4. The molecule has 0 spiro atoms. The molecule has 2 aliphatic carbocycles. The van der Waals surface area contributed by atoms with E-state index in [1.807, 2.05) is 13.0 Å². The second-order valence-electron chi connectivity index (χ2n) is 5.75. The number of ether oxygens (including phenoxy) is 1. The Bertz CT molecular complexity index is 591. The Hall–Kier alpha value is -1.64. The number of hydrogen-bond acceptors (Lipinski definition) is 2. The molecule has 2 unspecified atom stereocenters. The standard InChI is InChI=1S/C17H19FO2/c1-3-17-7-5-4-6-11(16(17)19)8-13-14(17)9-12(20-2)10-15(13)18/h4-5,9-11H,3,6-8H2,1-2H3. The number of methoxy groups -OCH3 is 1. The smallest absolute Gasteiger partial charge is 0.147 e. The molecule has 1 aromatic rings. The van der Waals surface area contributed by atoms with E-state index < -0.39 is 5.41 Å². The largest absolute Gasteiger partial charge is 0.497 e. The first-order chi connectivity index (χ1) is 9.62. The lowest BCUT2D eigenvalue weighted by molar-refractivity contribution is -0.129. The van der Waals surface area contributed by atoms with E-state index in [1.165, 1.54) is 13.2 Å². The van der Waals surface area contributed by atoms with Crippen LogP contribution in [0.2, 0.25) is 0 Å². The summed E-state index contributed by atoms with van der Waals surface area (Å²) in [5, 5.41) is 0. The van der Waals surface area contributed by atoms with E-state index in [-0.39, 0.29) is 17.5 Å². The molecule has 3 heteroatoms. The molecule has 0 heterocycles. The molecule has 0 saturated carbocycles. The van der Waals surface area contributed by atoms with Gasteiger partial charge >= 0.3 is 0 Å². The van der Waals surface area contributed by atoms with Crippen molar-refractivity contribution in [2.75, 3.05) is 7.11 Å². The molecule has 1 aromatic carbocycles. The van der Waals surface area contributed by atoms with Gasteiger partial charge in [-0.05, 0) is 42.9 Å². The van der Waals surface area contributed by atoms with E-state index in [2.05, 4.69) is 12.2 Å². The van der Waals surface area contributed by atoms with Crippen molar-refractivity contribution in [1.82, 2.24) is 0 Å². The van der Waals surface area contributed by atoms with Gasteiger partial charge in [0.05, 0.1) is 12.5 Å². The summed E-state index contributed by atoms with van der Waals surface area (Å²) in [4.78, 5) is 12.9. The van der Waals surface area contributed by atoms with Crippen LogP contribution in [0, 0.1) is 11.7 Å². The van der Waals surface area contributed by atoms with Gasteiger partial charge in [0.15, 0.2) is 0 Å². The highest BCUT2D eigenvalue weighted by Gasteiger charge is 2.47. The highest BCUT2D eigenvalue weighted by Crippen LogP contribution is 2.46. The summed E-state index contributed by atoms with van der Waals surface area (Å²) in [5.74, 6) is 0.444. The fourth-order valence-electron chi connectivity index (χ4n) is 3.68. The number of rotatable bonds is 2. The lowest BCUT2D eigenvalue weighted by atomic mass is 9.62. The molecule has 0 radical (unpaired) electrons. The number of fused-ring (bicyclic) bond motifs is 4. The van der Waals surface area contributed by atoms with Gasteiger partial charge in [-0.25, -0.2) is 4.39 Å². The van der Waals surface area contributed by atoms with Crippen molar-refractivity contribution in [3.8, 4) is 5.75 Å². The number of Topliss-reactive ketones (excluding diaryl/α,β-unsaturated/α-hetero) is 1. The van der Waals surface area contributed by atoms with Crippen LogP contribution in [-0.2, 0) is 16.6 Å². The van der Waals surface area contributed by atoms with Crippen LogP contribution in [0.5, 0.6) is 5.75 Å². The Morgan fingerprint density at radius 1 is 1.40 bits per heavy atom. The summed E-state index contributed by atoms with van der Waals surface area (Å²) in [5.41, 5.74) is 0.978. The van der Waals surface area contributed by atoms with Crippen molar-refractivity contribution in [3.05, 3.63) is 41.2 Å². The lowest BCUT2D eigenvalue weighted by Gasteiger charge is -2.39. The molecule has 0 aliphatic heterocycles. The van der Waals surface area contributed by atoms with Crippen molar-refractivity contribution in [1.29, 1.82) is 0 Å². The third-order valence-corrected chi connectivity index (χ3v) is 4.87. The fourth-order valence-corrected chi connectivity index (χ4v) is 3.68. The van der Waals surface area contributed by atoms with E-state index >= 15 is 0 Å². The van der Waals surface area contributed by atoms with Crippen LogP contribution in [-0.4, -0.2) is 12.9 Å². The number of carbonyl (C=O) groups is 1. The van der Waals surface area contributed by atoms with Gasteiger partial charge in [-0.2, -0.15) is 0 Å². The predicted molar refractivity (Wildman–Crippen MR) is 75.5 cm³/mol. The lowest BCUT2D eigenvalue weighted by Crippen LogP contribution is -2.44. The molecule has 0 fully saturated rings. The second-order valence-corrected chi connectivity index (χ2v) is 5.75. The molecule has 0 amide bonds. The monoisotopic (exact) mass is 274 g/mol. The number of carbonyl (C=O) groups excluding carboxylic acids is 1. The SMILES string of the molecule is CCC12CC=CCC(Cc3c(F)cc(OC)cc31)C2=O. The zero-order chi connectivity index (χ0) is 14.3. The van der Waals surface area contributed by atoms with E-state index in [1.54, 1.807) is 0 Å². The summed E-state index contributed by atoms with van der Waals surface area (Å²) in [7, 11) is 1.53. The van der Waals surface area contributed by atoms with Crippen molar-refractivity contribution >= 4 is 5.78 Å². The minimum Gasteiger partial charge on any atom is -0.497 e. The maximum Gasteiger partial charge on any atom is 0.147 e. The molecule has 2 atom stereocenters. The Kier molecular flexibility index (Phi) is 3.15. The molecule has 106 valence electrons. The third kappa shape index (κ3) is 1.72. The molecule has 0 N–H and O–H groups in total. The number of halogens is 1. The third-order valence-electron chi connectivity index (χ3n) is 4.87. The Morgan fingerprint density at radius 3 is 2.90 bits per heavy atom. The van der Waals surface area contributed by atoms with Gasteiger partial charge < -0.3 is 4.74 Å². The van der Waals surface area contributed by atoms with Crippen molar-refractivity contribution in [2.45, 2.75) is 38.0 Å². The van der Waals surface area contributed by atoms with Crippen LogP contribution in [0.15, 0.2) is 24.3 Å². The average molecular weight is 274 g/mol. The number of ketones is 1. The number of benzene rings is 1. The van der Waals surface area contributed by atoms with E-state index in [0.29, 0.717) is 30.6 Å². The van der Waals surface area contributed by atoms with Crippen molar-refractivity contribution in [3.63, 3.8) is 0 Å². The predicted octanol–water partition coefficient (Wildman–Crippen LogP) is 3.57. The Morgan fingerprint density at radius 2 is 2.20 bits per heavy atom.